The molecule has 0 fully saturated rings. The van der Waals surface area contributed by atoms with Crippen molar-refractivity contribution >= 4 is 28.6 Å². The molecule has 1 aromatic heterocycles. The summed E-state index contributed by atoms with van der Waals surface area (Å²) in [5.74, 6) is -2.21. The second kappa shape index (κ2) is 5.04. The molecule has 94 valence electrons. The van der Waals surface area contributed by atoms with E-state index in [1.807, 2.05) is 0 Å². The minimum Gasteiger partial charge on any atom is -0.478 e. The van der Waals surface area contributed by atoms with Crippen LogP contribution in [0, 0.1) is 3.70 Å². The van der Waals surface area contributed by atoms with Crippen LogP contribution in [0.1, 0.15) is 15.9 Å². The Labute approximate surface area is 107 Å². The Morgan fingerprint density at radius 2 is 2.18 bits per heavy atom. The predicted molar refractivity (Wildman–Crippen MR) is 58.5 cm³/mol. The maximum absolute atomic E-state index is 12.0. The van der Waals surface area contributed by atoms with Crippen LogP contribution in [0.3, 0.4) is 0 Å². The van der Waals surface area contributed by atoms with Crippen molar-refractivity contribution < 1.29 is 27.8 Å². The van der Waals surface area contributed by atoms with Crippen molar-refractivity contribution in [3.63, 3.8) is 0 Å². The lowest BCUT2D eigenvalue weighted by atomic mass is 10.1. The molecule has 0 atom stereocenters. The number of carboxylic acids is 1. The van der Waals surface area contributed by atoms with Gasteiger partial charge in [-0.2, -0.15) is 0 Å². The fraction of sp³-hybridized carbons (Fsp3) is 0.250. The molecule has 0 bridgehead atoms. The lowest BCUT2D eigenvalue weighted by Crippen LogP contribution is -2.19. The van der Waals surface area contributed by atoms with Gasteiger partial charge in [0.2, 0.25) is 5.88 Å². The van der Waals surface area contributed by atoms with Crippen LogP contribution in [-0.2, 0) is 6.54 Å². The van der Waals surface area contributed by atoms with Gasteiger partial charge in [-0.15, -0.1) is 13.2 Å². The third-order valence-electron chi connectivity index (χ3n) is 1.71. The van der Waals surface area contributed by atoms with Crippen molar-refractivity contribution in [2.24, 2.45) is 5.73 Å². The van der Waals surface area contributed by atoms with Gasteiger partial charge in [0.1, 0.15) is 3.70 Å². The van der Waals surface area contributed by atoms with Gasteiger partial charge in [0.25, 0.3) is 0 Å². The van der Waals surface area contributed by atoms with Gasteiger partial charge < -0.3 is 15.6 Å². The van der Waals surface area contributed by atoms with E-state index in [0.29, 0.717) is 6.07 Å². The number of aromatic carboxylic acids is 1. The van der Waals surface area contributed by atoms with Gasteiger partial charge in [-0.3, -0.25) is 0 Å². The average Bonchev–Trinajstić information content (AvgIpc) is 2.13. The number of rotatable bonds is 3. The van der Waals surface area contributed by atoms with Crippen molar-refractivity contribution in [2.45, 2.75) is 12.9 Å². The standard InChI is InChI=1S/C8H6F3IN2O3/c9-8(10,11)17-5-1-3(7(15)16)4(2-13)6(12)14-5/h1H,2,13H2,(H,15,16). The number of halogens is 4. The third kappa shape index (κ3) is 3.70. The zero-order valence-corrected chi connectivity index (χ0v) is 10.2. The zero-order chi connectivity index (χ0) is 13.2. The van der Waals surface area contributed by atoms with Crippen molar-refractivity contribution in [1.82, 2.24) is 4.98 Å². The predicted octanol–water partition coefficient (Wildman–Crippen LogP) is 1.74. The van der Waals surface area contributed by atoms with Crippen LogP contribution in [0.2, 0.25) is 0 Å². The number of ether oxygens (including phenoxy) is 1. The Balaban J connectivity index is 3.25. The van der Waals surface area contributed by atoms with E-state index in [2.05, 4.69) is 9.72 Å². The summed E-state index contributed by atoms with van der Waals surface area (Å²) in [6.45, 7) is -0.140. The van der Waals surface area contributed by atoms with Crippen LogP contribution < -0.4 is 10.5 Å². The van der Waals surface area contributed by atoms with E-state index in [0.717, 1.165) is 0 Å². The third-order valence-corrected chi connectivity index (χ3v) is 2.60. The minimum atomic E-state index is -4.92. The molecule has 0 saturated heterocycles. The summed E-state index contributed by atoms with van der Waals surface area (Å²) in [7, 11) is 0. The summed E-state index contributed by atoms with van der Waals surface area (Å²) >= 11 is 1.59. The number of hydrogen-bond donors (Lipinski definition) is 2. The minimum absolute atomic E-state index is 0.0595. The summed E-state index contributed by atoms with van der Waals surface area (Å²) in [6.07, 6.45) is -4.92. The van der Waals surface area contributed by atoms with Crippen LogP contribution >= 0.6 is 22.6 Å². The van der Waals surface area contributed by atoms with Crippen molar-refractivity contribution in [3.8, 4) is 5.88 Å². The van der Waals surface area contributed by atoms with E-state index >= 15 is 0 Å². The SMILES string of the molecule is NCc1c(C(=O)O)cc(OC(F)(F)F)nc1I. The Morgan fingerprint density at radius 1 is 1.59 bits per heavy atom. The number of nitrogens with two attached hydrogens (primary N) is 1. The molecule has 5 nitrogen and oxygen atoms in total. The summed E-state index contributed by atoms with van der Waals surface area (Å²) in [5, 5.41) is 8.82. The summed E-state index contributed by atoms with van der Waals surface area (Å²) in [5.41, 5.74) is 5.10. The molecule has 1 heterocycles. The number of carbonyl (C=O) groups is 1. The highest BCUT2D eigenvalue weighted by atomic mass is 127. The molecule has 9 heteroatoms. The molecule has 1 aromatic rings. The molecule has 0 amide bonds. The molecule has 0 unspecified atom stereocenters. The molecule has 0 aromatic carbocycles. The number of pyridine rings is 1. The van der Waals surface area contributed by atoms with Crippen LogP contribution in [-0.4, -0.2) is 22.4 Å². The van der Waals surface area contributed by atoms with E-state index in [9.17, 15) is 18.0 Å². The lowest BCUT2D eigenvalue weighted by Gasteiger charge is -2.11. The van der Waals surface area contributed by atoms with Gasteiger partial charge >= 0.3 is 12.3 Å². The monoisotopic (exact) mass is 362 g/mol. The molecule has 0 saturated carbocycles. The largest absolute Gasteiger partial charge is 0.574 e. The molecular formula is C8H6F3IN2O3. The van der Waals surface area contributed by atoms with Gasteiger partial charge in [-0.05, 0) is 22.6 Å². The second-order valence-electron chi connectivity index (χ2n) is 2.83. The topological polar surface area (TPSA) is 85.4 Å². The summed E-state index contributed by atoms with van der Waals surface area (Å²) < 4.78 is 39.5. The van der Waals surface area contributed by atoms with Crippen molar-refractivity contribution in [3.05, 3.63) is 20.9 Å². The molecule has 0 aliphatic carbocycles. The number of nitrogens with zero attached hydrogens (tertiary/aromatic N) is 1. The number of aromatic nitrogens is 1. The summed E-state index contributed by atoms with van der Waals surface area (Å²) in [4.78, 5) is 14.3. The molecule has 0 spiro atoms. The fourth-order valence-corrected chi connectivity index (χ4v) is 1.82. The quantitative estimate of drug-likeness (QED) is 0.632. The van der Waals surface area contributed by atoms with E-state index < -0.39 is 18.2 Å². The first kappa shape index (κ1) is 14.0. The number of hydrogen-bond acceptors (Lipinski definition) is 4. The molecule has 17 heavy (non-hydrogen) atoms. The van der Waals surface area contributed by atoms with Crippen LogP contribution in [0.25, 0.3) is 0 Å². The fourth-order valence-electron chi connectivity index (χ4n) is 1.07. The lowest BCUT2D eigenvalue weighted by molar-refractivity contribution is -0.276. The van der Waals surface area contributed by atoms with Gasteiger partial charge in [0.05, 0.1) is 5.56 Å². The maximum Gasteiger partial charge on any atom is 0.574 e. The highest BCUT2D eigenvalue weighted by Gasteiger charge is 2.32. The Morgan fingerprint density at radius 3 is 2.59 bits per heavy atom. The number of alkyl halides is 3. The van der Waals surface area contributed by atoms with Gasteiger partial charge in [-0.1, -0.05) is 0 Å². The van der Waals surface area contributed by atoms with Crippen LogP contribution in [0.5, 0.6) is 5.88 Å². The Bertz CT molecular complexity index is 450. The molecular weight excluding hydrogens is 356 g/mol. The first-order chi connectivity index (χ1) is 7.74. The maximum atomic E-state index is 12.0. The highest BCUT2D eigenvalue weighted by Crippen LogP contribution is 2.25. The van der Waals surface area contributed by atoms with E-state index in [1.165, 1.54) is 0 Å². The Hall–Kier alpha value is -1.10. The van der Waals surface area contributed by atoms with Crippen molar-refractivity contribution in [2.75, 3.05) is 0 Å². The van der Waals surface area contributed by atoms with E-state index in [4.69, 9.17) is 10.8 Å². The van der Waals surface area contributed by atoms with E-state index in [-0.39, 0.29) is 21.4 Å². The molecule has 0 aliphatic heterocycles. The highest BCUT2D eigenvalue weighted by molar-refractivity contribution is 14.1. The Kier molecular flexibility index (Phi) is 4.14. The molecule has 0 radical (unpaired) electrons. The van der Waals surface area contributed by atoms with E-state index in [1.54, 1.807) is 22.6 Å². The molecule has 3 N–H and O–H groups in total. The second-order valence-corrected chi connectivity index (χ2v) is 3.86. The number of carboxylic acid groups (broad SMARTS) is 1. The molecule has 0 aliphatic rings. The average molecular weight is 362 g/mol. The van der Waals surface area contributed by atoms with Gasteiger partial charge in [0.15, 0.2) is 0 Å². The first-order valence-corrected chi connectivity index (χ1v) is 5.21. The smallest absolute Gasteiger partial charge is 0.478 e. The van der Waals surface area contributed by atoms with Crippen LogP contribution in [0.15, 0.2) is 6.07 Å². The van der Waals surface area contributed by atoms with Crippen molar-refractivity contribution in [1.29, 1.82) is 0 Å². The first-order valence-electron chi connectivity index (χ1n) is 4.13. The van der Waals surface area contributed by atoms with Gasteiger partial charge in [-0.25, -0.2) is 9.78 Å². The van der Waals surface area contributed by atoms with Gasteiger partial charge in [0, 0.05) is 18.2 Å². The van der Waals surface area contributed by atoms with Crippen LogP contribution in [0.4, 0.5) is 13.2 Å². The summed E-state index contributed by atoms with van der Waals surface area (Å²) in [6, 6.07) is 0.695. The normalized spacial score (nSPS) is 11.4. The molecule has 1 rings (SSSR count). The zero-order valence-electron chi connectivity index (χ0n) is 8.08.